The van der Waals surface area contributed by atoms with Crippen LogP contribution < -0.4 is 0 Å². The van der Waals surface area contributed by atoms with Crippen LogP contribution >= 0.6 is 23.2 Å². The molecular weight excluding hydrogens is 488 g/mol. The number of esters is 1. The van der Waals surface area contributed by atoms with Crippen LogP contribution in [-0.2, 0) is 17.3 Å². The largest absolute Gasteiger partial charge is 0.461 e. The van der Waals surface area contributed by atoms with Crippen LogP contribution in [-0.4, -0.2) is 22.1 Å². The summed E-state index contributed by atoms with van der Waals surface area (Å²) in [7, 11) is 0. The monoisotopic (exact) mass is 506 g/mol. The lowest BCUT2D eigenvalue weighted by Crippen LogP contribution is -2.10. The summed E-state index contributed by atoms with van der Waals surface area (Å²) in [5.74, 6) is -0.681. The van der Waals surface area contributed by atoms with Crippen LogP contribution in [0.2, 0.25) is 10.0 Å². The molecule has 0 aliphatic rings. The first-order chi connectivity index (χ1) is 16.1. The number of pyridine rings is 1. The number of aryl methyl sites for hydroxylation is 1. The number of halogens is 5. The zero-order chi connectivity index (χ0) is 24.6. The standard InChI is InChI=1S/C25H19Cl2F3N2O2/c1-3-34-24(33)23-22(27)19(20(26)13-31-23)12-17-11-18-14(2)9-15(25(28,29)30)10-21(18)32(17)16-7-5-4-6-8-16/h4-11,13H,3,12H2,1-2H3. The molecule has 2 aromatic carbocycles. The van der Waals surface area contributed by atoms with Gasteiger partial charge < -0.3 is 9.30 Å². The molecule has 0 saturated carbocycles. The van der Waals surface area contributed by atoms with Crippen molar-refractivity contribution in [2.75, 3.05) is 6.61 Å². The molecule has 0 aliphatic heterocycles. The molecule has 4 aromatic rings. The third kappa shape index (κ3) is 4.50. The van der Waals surface area contributed by atoms with Crippen LogP contribution in [0.25, 0.3) is 16.6 Å². The quantitative estimate of drug-likeness (QED) is 0.264. The highest BCUT2D eigenvalue weighted by atomic mass is 35.5. The fourth-order valence-corrected chi connectivity index (χ4v) is 4.46. The second kappa shape index (κ2) is 9.31. The molecule has 34 heavy (non-hydrogen) atoms. The maximum absolute atomic E-state index is 13.6. The molecule has 0 spiro atoms. The van der Waals surface area contributed by atoms with Gasteiger partial charge in [-0.1, -0.05) is 41.4 Å². The molecule has 9 heteroatoms. The number of benzene rings is 2. The van der Waals surface area contributed by atoms with Gasteiger partial charge in [0.25, 0.3) is 0 Å². The first-order valence-corrected chi connectivity index (χ1v) is 11.1. The Morgan fingerprint density at radius 3 is 2.47 bits per heavy atom. The van der Waals surface area contributed by atoms with Crippen molar-refractivity contribution in [3.63, 3.8) is 0 Å². The van der Waals surface area contributed by atoms with Gasteiger partial charge in [-0.25, -0.2) is 9.78 Å². The highest BCUT2D eigenvalue weighted by Crippen LogP contribution is 2.37. The number of carbonyl (C=O) groups is 1. The Morgan fingerprint density at radius 1 is 1.12 bits per heavy atom. The van der Waals surface area contributed by atoms with E-state index in [1.54, 1.807) is 42.7 Å². The number of fused-ring (bicyclic) bond motifs is 1. The number of rotatable bonds is 5. The summed E-state index contributed by atoms with van der Waals surface area (Å²) in [6.07, 6.45) is -3.02. The summed E-state index contributed by atoms with van der Waals surface area (Å²) in [5, 5.41) is 0.943. The molecule has 0 N–H and O–H groups in total. The van der Waals surface area contributed by atoms with Gasteiger partial charge in [0.05, 0.1) is 27.7 Å². The van der Waals surface area contributed by atoms with Crippen molar-refractivity contribution in [2.45, 2.75) is 26.4 Å². The molecule has 2 aromatic heterocycles. The SMILES string of the molecule is CCOC(=O)c1ncc(Cl)c(Cc2cc3c(C)cc(C(F)(F)F)cc3n2-c2ccccc2)c1Cl. The van der Waals surface area contributed by atoms with E-state index >= 15 is 0 Å². The maximum atomic E-state index is 13.6. The lowest BCUT2D eigenvalue weighted by atomic mass is 10.1. The van der Waals surface area contributed by atoms with E-state index in [1.807, 2.05) is 12.1 Å². The summed E-state index contributed by atoms with van der Waals surface area (Å²) in [6.45, 7) is 3.46. The van der Waals surface area contributed by atoms with Gasteiger partial charge in [-0.15, -0.1) is 0 Å². The van der Waals surface area contributed by atoms with Crippen LogP contribution in [0.15, 0.2) is 54.7 Å². The molecule has 0 unspecified atom stereocenters. The van der Waals surface area contributed by atoms with Gasteiger partial charge in [0.15, 0.2) is 5.69 Å². The van der Waals surface area contributed by atoms with E-state index in [0.29, 0.717) is 33.4 Å². The van der Waals surface area contributed by atoms with Crippen LogP contribution in [0, 0.1) is 6.92 Å². The van der Waals surface area contributed by atoms with E-state index in [1.165, 1.54) is 6.20 Å². The third-order valence-electron chi connectivity index (χ3n) is 5.44. The molecule has 2 heterocycles. The van der Waals surface area contributed by atoms with Crippen LogP contribution in [0.4, 0.5) is 13.2 Å². The third-order valence-corrected chi connectivity index (χ3v) is 6.17. The summed E-state index contributed by atoms with van der Waals surface area (Å²) < 4.78 is 47.5. The predicted molar refractivity (Wildman–Crippen MR) is 126 cm³/mol. The summed E-state index contributed by atoms with van der Waals surface area (Å²) in [5.41, 5.74) is 1.84. The molecule has 0 saturated heterocycles. The molecule has 0 radical (unpaired) electrons. The van der Waals surface area contributed by atoms with E-state index in [2.05, 4.69) is 4.98 Å². The van der Waals surface area contributed by atoms with E-state index in [9.17, 15) is 18.0 Å². The molecule has 0 atom stereocenters. The normalized spacial score (nSPS) is 11.7. The number of aromatic nitrogens is 2. The number of hydrogen-bond acceptors (Lipinski definition) is 3. The Morgan fingerprint density at radius 2 is 1.82 bits per heavy atom. The summed E-state index contributed by atoms with van der Waals surface area (Å²) in [4.78, 5) is 16.3. The molecule has 0 amide bonds. The van der Waals surface area contributed by atoms with Crippen molar-refractivity contribution in [1.82, 2.24) is 9.55 Å². The molecule has 0 fully saturated rings. The number of para-hydroxylation sites is 1. The smallest absolute Gasteiger partial charge is 0.416 e. The average molecular weight is 507 g/mol. The lowest BCUT2D eigenvalue weighted by Gasteiger charge is -2.15. The van der Waals surface area contributed by atoms with E-state index in [4.69, 9.17) is 27.9 Å². The Bertz CT molecular complexity index is 1380. The van der Waals surface area contributed by atoms with Crippen molar-refractivity contribution in [2.24, 2.45) is 0 Å². The van der Waals surface area contributed by atoms with E-state index in [0.717, 1.165) is 12.1 Å². The van der Waals surface area contributed by atoms with Crippen molar-refractivity contribution in [1.29, 1.82) is 0 Å². The van der Waals surface area contributed by atoms with Gasteiger partial charge in [-0.05, 0) is 55.3 Å². The fourth-order valence-electron chi connectivity index (χ4n) is 3.90. The second-order valence-electron chi connectivity index (χ2n) is 7.67. The molecule has 0 aliphatic carbocycles. The first kappa shape index (κ1) is 24.1. The zero-order valence-corrected chi connectivity index (χ0v) is 19.7. The molecule has 4 nitrogen and oxygen atoms in total. The Hall–Kier alpha value is -3.03. The fraction of sp³-hybridized carbons (Fsp3) is 0.200. The molecule has 0 bridgehead atoms. The topological polar surface area (TPSA) is 44.1 Å². The van der Waals surface area contributed by atoms with Gasteiger partial charge in [-0.2, -0.15) is 13.2 Å². The van der Waals surface area contributed by atoms with Gasteiger partial charge in [0, 0.05) is 29.4 Å². The Labute approximate surface area is 203 Å². The highest BCUT2D eigenvalue weighted by molar-refractivity contribution is 6.37. The van der Waals surface area contributed by atoms with Crippen molar-refractivity contribution in [3.05, 3.63) is 92.9 Å². The Balaban J connectivity index is 1.95. The van der Waals surface area contributed by atoms with E-state index in [-0.39, 0.29) is 28.8 Å². The minimum atomic E-state index is -4.49. The van der Waals surface area contributed by atoms with Gasteiger partial charge in [-0.3, -0.25) is 0 Å². The van der Waals surface area contributed by atoms with Crippen LogP contribution in [0.3, 0.4) is 0 Å². The number of alkyl halides is 3. The second-order valence-corrected chi connectivity index (χ2v) is 8.46. The number of hydrogen-bond donors (Lipinski definition) is 0. The maximum Gasteiger partial charge on any atom is 0.416 e. The zero-order valence-electron chi connectivity index (χ0n) is 18.2. The van der Waals surface area contributed by atoms with Gasteiger partial charge in [0.2, 0.25) is 0 Å². The van der Waals surface area contributed by atoms with Crippen molar-refractivity contribution in [3.8, 4) is 5.69 Å². The van der Waals surface area contributed by atoms with Crippen molar-refractivity contribution >= 4 is 40.1 Å². The predicted octanol–water partition coefficient (Wildman–Crippen LogP) is 7.43. The number of nitrogens with zero attached hydrogens (tertiary/aromatic N) is 2. The molecule has 176 valence electrons. The van der Waals surface area contributed by atoms with Crippen LogP contribution in [0.5, 0.6) is 0 Å². The lowest BCUT2D eigenvalue weighted by molar-refractivity contribution is -0.137. The average Bonchev–Trinajstić information content (AvgIpc) is 3.15. The van der Waals surface area contributed by atoms with Crippen LogP contribution in [0.1, 0.15) is 39.8 Å². The number of carbonyl (C=O) groups excluding carboxylic acids is 1. The van der Waals surface area contributed by atoms with Crippen molar-refractivity contribution < 1.29 is 22.7 Å². The first-order valence-electron chi connectivity index (χ1n) is 10.4. The van der Waals surface area contributed by atoms with Gasteiger partial charge in [0.1, 0.15) is 0 Å². The van der Waals surface area contributed by atoms with E-state index < -0.39 is 17.7 Å². The highest BCUT2D eigenvalue weighted by Gasteiger charge is 2.32. The minimum absolute atomic E-state index is 0.0449. The molecule has 4 rings (SSSR count). The molecular formula is C25H19Cl2F3N2O2. The number of ether oxygens (including phenoxy) is 1. The van der Waals surface area contributed by atoms with Gasteiger partial charge >= 0.3 is 12.1 Å². The Kier molecular flexibility index (Phi) is 6.60. The minimum Gasteiger partial charge on any atom is -0.461 e. The summed E-state index contributed by atoms with van der Waals surface area (Å²) >= 11 is 12.9. The summed E-state index contributed by atoms with van der Waals surface area (Å²) in [6, 6.07) is 13.1.